The van der Waals surface area contributed by atoms with Crippen molar-refractivity contribution in [2.24, 2.45) is 0 Å². The van der Waals surface area contributed by atoms with Crippen molar-refractivity contribution in [1.29, 1.82) is 0 Å². The molecule has 6 heteroatoms. The maximum absolute atomic E-state index is 12.0. The summed E-state index contributed by atoms with van der Waals surface area (Å²) in [5, 5.41) is 0. The van der Waals surface area contributed by atoms with E-state index in [1.54, 1.807) is 11.9 Å². The van der Waals surface area contributed by atoms with E-state index in [4.69, 9.17) is 9.47 Å². The highest BCUT2D eigenvalue weighted by Gasteiger charge is 2.32. The molecule has 0 spiro atoms. The molecule has 0 aromatic rings. The van der Waals surface area contributed by atoms with Crippen LogP contribution in [0.3, 0.4) is 0 Å². The molecule has 1 fully saturated rings. The molecule has 1 aliphatic rings. The van der Waals surface area contributed by atoms with Gasteiger partial charge in [-0.3, -0.25) is 14.5 Å². The molecule has 18 heavy (non-hydrogen) atoms. The molecule has 1 unspecified atom stereocenters. The van der Waals surface area contributed by atoms with E-state index in [9.17, 15) is 9.59 Å². The first-order valence-electron chi connectivity index (χ1n) is 6.12. The van der Waals surface area contributed by atoms with E-state index in [0.29, 0.717) is 13.2 Å². The van der Waals surface area contributed by atoms with Gasteiger partial charge in [0.05, 0.1) is 26.9 Å². The van der Waals surface area contributed by atoms with E-state index >= 15 is 0 Å². The third kappa shape index (κ3) is 3.68. The van der Waals surface area contributed by atoms with Crippen LogP contribution >= 0.6 is 0 Å². The normalized spacial score (nSPS) is 20.8. The average Bonchev–Trinajstić information content (AvgIpc) is 2.37. The van der Waals surface area contributed by atoms with Crippen LogP contribution in [0.1, 0.15) is 13.8 Å². The number of nitrogens with zero attached hydrogens (tertiary/aromatic N) is 2. The first-order valence-corrected chi connectivity index (χ1v) is 6.12. The van der Waals surface area contributed by atoms with Crippen LogP contribution in [0.25, 0.3) is 0 Å². The van der Waals surface area contributed by atoms with E-state index in [-0.39, 0.29) is 31.1 Å². The molecule has 0 aliphatic carbocycles. The van der Waals surface area contributed by atoms with Gasteiger partial charge in [-0.1, -0.05) is 0 Å². The van der Waals surface area contributed by atoms with Crippen molar-refractivity contribution >= 4 is 11.9 Å². The zero-order valence-corrected chi connectivity index (χ0v) is 11.5. The van der Waals surface area contributed by atoms with Crippen molar-refractivity contribution in [3.63, 3.8) is 0 Å². The third-order valence-corrected chi connectivity index (χ3v) is 3.22. The number of carbonyl (C=O) groups is 2. The molecule has 0 saturated carbocycles. The van der Waals surface area contributed by atoms with Crippen molar-refractivity contribution in [3.05, 3.63) is 0 Å². The van der Waals surface area contributed by atoms with Crippen LogP contribution in [-0.2, 0) is 19.1 Å². The van der Waals surface area contributed by atoms with Crippen molar-refractivity contribution < 1.29 is 19.1 Å². The lowest BCUT2D eigenvalue weighted by Crippen LogP contribution is -2.54. The molecule has 1 heterocycles. The standard InChI is InChI=1S/C12H22N2O4/c1-9(2)13(3)11(15)7-14-5-6-18-8-10(14)12(16)17-4/h9-10H,5-8H2,1-4H3. The monoisotopic (exact) mass is 258 g/mol. The Morgan fingerprint density at radius 3 is 2.72 bits per heavy atom. The van der Waals surface area contributed by atoms with Crippen molar-refractivity contribution in [3.8, 4) is 0 Å². The van der Waals surface area contributed by atoms with Gasteiger partial charge in [-0.15, -0.1) is 0 Å². The van der Waals surface area contributed by atoms with Gasteiger partial charge in [0.1, 0.15) is 6.04 Å². The fraction of sp³-hybridized carbons (Fsp3) is 0.833. The third-order valence-electron chi connectivity index (χ3n) is 3.22. The first kappa shape index (κ1) is 14.9. The molecule has 0 radical (unpaired) electrons. The second kappa shape index (κ2) is 6.70. The summed E-state index contributed by atoms with van der Waals surface area (Å²) in [6.45, 7) is 5.51. The predicted molar refractivity (Wildman–Crippen MR) is 66.1 cm³/mol. The Labute approximate surface area is 108 Å². The molecule has 0 bridgehead atoms. The van der Waals surface area contributed by atoms with E-state index in [0.717, 1.165) is 0 Å². The fourth-order valence-electron chi connectivity index (χ4n) is 1.75. The quantitative estimate of drug-likeness (QED) is 0.650. The number of amides is 1. The maximum Gasteiger partial charge on any atom is 0.325 e. The Morgan fingerprint density at radius 2 is 2.17 bits per heavy atom. The molecule has 0 aromatic heterocycles. The van der Waals surface area contributed by atoms with E-state index < -0.39 is 6.04 Å². The molecule has 104 valence electrons. The largest absolute Gasteiger partial charge is 0.468 e. The van der Waals surface area contributed by atoms with Gasteiger partial charge >= 0.3 is 5.97 Å². The Kier molecular flexibility index (Phi) is 5.55. The summed E-state index contributed by atoms with van der Waals surface area (Å²) in [6, 6.07) is -0.330. The van der Waals surface area contributed by atoms with Gasteiger partial charge in [0.15, 0.2) is 0 Å². The van der Waals surface area contributed by atoms with Crippen LogP contribution in [0.4, 0.5) is 0 Å². The van der Waals surface area contributed by atoms with Gasteiger partial charge in [0.25, 0.3) is 0 Å². The lowest BCUT2D eigenvalue weighted by atomic mass is 10.2. The minimum Gasteiger partial charge on any atom is -0.468 e. The minimum absolute atomic E-state index is 0.000744. The van der Waals surface area contributed by atoms with Gasteiger partial charge in [-0.2, -0.15) is 0 Å². The molecule has 1 atom stereocenters. The second-order valence-corrected chi connectivity index (χ2v) is 4.68. The number of hydrogen-bond acceptors (Lipinski definition) is 5. The zero-order valence-electron chi connectivity index (χ0n) is 11.5. The highest BCUT2D eigenvalue weighted by Crippen LogP contribution is 2.09. The molecule has 0 aromatic carbocycles. The molecule has 1 aliphatic heterocycles. The number of esters is 1. The zero-order chi connectivity index (χ0) is 13.7. The maximum atomic E-state index is 12.0. The summed E-state index contributed by atoms with van der Waals surface area (Å²) in [4.78, 5) is 27.1. The Balaban J connectivity index is 2.62. The van der Waals surface area contributed by atoms with Gasteiger partial charge in [-0.25, -0.2) is 0 Å². The number of morpholine rings is 1. The van der Waals surface area contributed by atoms with Crippen LogP contribution in [0, 0.1) is 0 Å². The van der Waals surface area contributed by atoms with Crippen LogP contribution in [0.2, 0.25) is 0 Å². The van der Waals surface area contributed by atoms with Crippen molar-refractivity contribution in [1.82, 2.24) is 9.80 Å². The summed E-state index contributed by atoms with van der Waals surface area (Å²) in [5.74, 6) is -0.351. The van der Waals surface area contributed by atoms with E-state index in [1.165, 1.54) is 7.11 Å². The summed E-state index contributed by atoms with van der Waals surface area (Å²) < 4.78 is 9.98. The van der Waals surface area contributed by atoms with Crippen LogP contribution < -0.4 is 0 Å². The molecule has 1 amide bonds. The number of hydrogen-bond donors (Lipinski definition) is 0. The summed E-state index contributed by atoms with van der Waals surface area (Å²) in [6.07, 6.45) is 0. The number of likely N-dealkylation sites (N-methyl/N-ethyl adjacent to an activating group) is 1. The van der Waals surface area contributed by atoms with Crippen molar-refractivity contribution in [2.45, 2.75) is 25.9 Å². The second-order valence-electron chi connectivity index (χ2n) is 4.68. The highest BCUT2D eigenvalue weighted by molar-refractivity contribution is 5.80. The van der Waals surface area contributed by atoms with Gasteiger partial charge in [0.2, 0.25) is 5.91 Å². The summed E-state index contributed by atoms with van der Waals surface area (Å²) >= 11 is 0. The number of methoxy groups -OCH3 is 1. The molecule has 6 nitrogen and oxygen atoms in total. The molecule has 1 saturated heterocycles. The molecule has 0 N–H and O–H groups in total. The molecule has 1 rings (SSSR count). The van der Waals surface area contributed by atoms with Crippen molar-refractivity contribution in [2.75, 3.05) is 40.5 Å². The Bertz CT molecular complexity index is 306. The number of carbonyl (C=O) groups excluding carboxylic acids is 2. The Hall–Kier alpha value is -1.14. The fourth-order valence-corrected chi connectivity index (χ4v) is 1.75. The van der Waals surface area contributed by atoms with Gasteiger partial charge < -0.3 is 14.4 Å². The van der Waals surface area contributed by atoms with Gasteiger partial charge in [-0.05, 0) is 13.8 Å². The van der Waals surface area contributed by atoms with Crippen LogP contribution in [0.5, 0.6) is 0 Å². The lowest BCUT2D eigenvalue weighted by Gasteiger charge is -2.34. The summed E-state index contributed by atoms with van der Waals surface area (Å²) in [7, 11) is 3.11. The number of ether oxygens (including phenoxy) is 2. The minimum atomic E-state index is -0.478. The smallest absolute Gasteiger partial charge is 0.325 e. The van der Waals surface area contributed by atoms with Crippen LogP contribution in [-0.4, -0.2) is 74.2 Å². The average molecular weight is 258 g/mol. The van der Waals surface area contributed by atoms with E-state index in [2.05, 4.69) is 0 Å². The highest BCUT2D eigenvalue weighted by atomic mass is 16.5. The van der Waals surface area contributed by atoms with Gasteiger partial charge in [0, 0.05) is 19.6 Å². The summed E-state index contributed by atoms with van der Waals surface area (Å²) in [5.41, 5.74) is 0. The molecular weight excluding hydrogens is 236 g/mol. The SMILES string of the molecule is COC(=O)C1COCCN1CC(=O)N(C)C(C)C. The lowest BCUT2D eigenvalue weighted by molar-refractivity contribution is -0.154. The van der Waals surface area contributed by atoms with E-state index in [1.807, 2.05) is 18.7 Å². The predicted octanol–water partition coefficient (Wildman–Crippen LogP) is -0.273. The topological polar surface area (TPSA) is 59.1 Å². The van der Waals surface area contributed by atoms with Crippen LogP contribution in [0.15, 0.2) is 0 Å². The first-order chi connectivity index (χ1) is 8.47. The number of rotatable bonds is 4. The Morgan fingerprint density at radius 1 is 1.50 bits per heavy atom. The molecular formula is C12H22N2O4.